The van der Waals surface area contributed by atoms with E-state index in [1.165, 1.54) is 0 Å². The quantitative estimate of drug-likeness (QED) is 0.613. The molecule has 1 saturated heterocycles. The van der Waals surface area contributed by atoms with Gasteiger partial charge in [-0.1, -0.05) is 0 Å². The Morgan fingerprint density at radius 2 is 2.16 bits per heavy atom. The third-order valence-corrected chi connectivity index (χ3v) is 3.44. The SMILES string of the molecule is COCCOCCCCNC(=O)C1CCNC(C)C1. The summed E-state index contributed by atoms with van der Waals surface area (Å²) in [5.74, 6) is 0.405. The van der Waals surface area contributed by atoms with Gasteiger partial charge in [0.15, 0.2) is 0 Å². The van der Waals surface area contributed by atoms with E-state index in [2.05, 4.69) is 17.6 Å². The fraction of sp³-hybridized carbons (Fsp3) is 0.929. The van der Waals surface area contributed by atoms with Gasteiger partial charge >= 0.3 is 0 Å². The van der Waals surface area contributed by atoms with Crippen LogP contribution in [0, 0.1) is 5.92 Å². The van der Waals surface area contributed by atoms with Gasteiger partial charge in [-0.05, 0) is 39.2 Å². The van der Waals surface area contributed by atoms with Crippen molar-refractivity contribution < 1.29 is 14.3 Å². The molecule has 112 valence electrons. The molecule has 0 aromatic heterocycles. The maximum absolute atomic E-state index is 11.9. The summed E-state index contributed by atoms with van der Waals surface area (Å²) in [5.41, 5.74) is 0. The molecule has 5 nitrogen and oxygen atoms in total. The standard InChI is InChI=1S/C14H28N2O3/c1-12-11-13(5-7-15-12)14(17)16-6-3-4-8-19-10-9-18-2/h12-13,15H,3-11H2,1-2H3,(H,16,17). The lowest BCUT2D eigenvalue weighted by Gasteiger charge is -2.27. The van der Waals surface area contributed by atoms with Gasteiger partial charge in [0.25, 0.3) is 0 Å². The van der Waals surface area contributed by atoms with Crippen LogP contribution in [0.3, 0.4) is 0 Å². The molecule has 0 radical (unpaired) electrons. The molecule has 0 aromatic rings. The fourth-order valence-electron chi connectivity index (χ4n) is 2.30. The molecule has 0 aromatic carbocycles. The second-order valence-corrected chi connectivity index (χ2v) is 5.18. The third kappa shape index (κ3) is 7.50. The van der Waals surface area contributed by atoms with E-state index in [0.717, 1.165) is 45.4 Å². The minimum atomic E-state index is 0.189. The highest BCUT2D eigenvalue weighted by Crippen LogP contribution is 2.15. The molecule has 1 heterocycles. The van der Waals surface area contributed by atoms with Crippen LogP contribution >= 0.6 is 0 Å². The lowest BCUT2D eigenvalue weighted by atomic mass is 9.92. The monoisotopic (exact) mass is 272 g/mol. The molecule has 1 fully saturated rings. The van der Waals surface area contributed by atoms with E-state index < -0.39 is 0 Å². The molecule has 1 aliphatic rings. The highest BCUT2D eigenvalue weighted by atomic mass is 16.5. The average Bonchev–Trinajstić information content (AvgIpc) is 2.41. The Bertz CT molecular complexity index is 249. The number of carbonyl (C=O) groups is 1. The van der Waals surface area contributed by atoms with Gasteiger partial charge in [0, 0.05) is 32.2 Å². The summed E-state index contributed by atoms with van der Waals surface area (Å²) in [6, 6.07) is 0.457. The predicted octanol–water partition coefficient (Wildman–Crippen LogP) is 0.934. The summed E-state index contributed by atoms with van der Waals surface area (Å²) in [6.45, 7) is 5.87. The van der Waals surface area contributed by atoms with Gasteiger partial charge < -0.3 is 20.1 Å². The Morgan fingerprint density at radius 1 is 1.32 bits per heavy atom. The second kappa shape index (κ2) is 10.2. The van der Waals surface area contributed by atoms with E-state index in [0.29, 0.717) is 19.3 Å². The van der Waals surface area contributed by atoms with Gasteiger partial charge in [-0.3, -0.25) is 4.79 Å². The molecular weight excluding hydrogens is 244 g/mol. The first-order valence-electron chi connectivity index (χ1n) is 7.31. The number of hydrogen-bond acceptors (Lipinski definition) is 4. The number of methoxy groups -OCH3 is 1. The van der Waals surface area contributed by atoms with Crippen molar-refractivity contribution >= 4 is 5.91 Å². The van der Waals surface area contributed by atoms with Crippen molar-refractivity contribution in [2.75, 3.05) is 40.0 Å². The van der Waals surface area contributed by atoms with Crippen molar-refractivity contribution in [2.24, 2.45) is 5.92 Å². The van der Waals surface area contributed by atoms with E-state index in [4.69, 9.17) is 9.47 Å². The Hall–Kier alpha value is -0.650. The second-order valence-electron chi connectivity index (χ2n) is 5.18. The zero-order valence-corrected chi connectivity index (χ0v) is 12.2. The van der Waals surface area contributed by atoms with Crippen LogP contribution in [0.4, 0.5) is 0 Å². The lowest BCUT2D eigenvalue weighted by molar-refractivity contribution is -0.126. The summed E-state index contributed by atoms with van der Waals surface area (Å²) in [6.07, 6.45) is 3.86. The first-order valence-corrected chi connectivity index (χ1v) is 7.31. The molecule has 2 atom stereocenters. The number of amides is 1. The molecule has 5 heteroatoms. The topological polar surface area (TPSA) is 59.6 Å². The van der Waals surface area contributed by atoms with Crippen molar-refractivity contribution in [3.63, 3.8) is 0 Å². The van der Waals surface area contributed by atoms with Crippen molar-refractivity contribution in [3.05, 3.63) is 0 Å². The highest BCUT2D eigenvalue weighted by Gasteiger charge is 2.23. The van der Waals surface area contributed by atoms with E-state index >= 15 is 0 Å². The molecular formula is C14H28N2O3. The van der Waals surface area contributed by atoms with Gasteiger partial charge in [0.05, 0.1) is 13.2 Å². The zero-order valence-electron chi connectivity index (χ0n) is 12.2. The molecule has 2 N–H and O–H groups in total. The number of hydrogen-bond donors (Lipinski definition) is 2. The van der Waals surface area contributed by atoms with Crippen LogP contribution < -0.4 is 10.6 Å². The lowest BCUT2D eigenvalue weighted by Crippen LogP contribution is -2.42. The van der Waals surface area contributed by atoms with Gasteiger partial charge in [0.2, 0.25) is 5.91 Å². The average molecular weight is 272 g/mol. The van der Waals surface area contributed by atoms with Crippen molar-refractivity contribution in [1.29, 1.82) is 0 Å². The van der Waals surface area contributed by atoms with E-state index in [1.54, 1.807) is 7.11 Å². The van der Waals surface area contributed by atoms with Crippen LogP contribution in [0.15, 0.2) is 0 Å². The van der Waals surface area contributed by atoms with Crippen molar-refractivity contribution in [1.82, 2.24) is 10.6 Å². The van der Waals surface area contributed by atoms with Crippen LogP contribution in [0.25, 0.3) is 0 Å². The number of carbonyl (C=O) groups excluding carboxylic acids is 1. The van der Waals surface area contributed by atoms with Crippen LogP contribution in [-0.4, -0.2) is 52.0 Å². The molecule has 1 aliphatic heterocycles. The maximum atomic E-state index is 11.9. The zero-order chi connectivity index (χ0) is 13.9. The Labute approximate surface area is 116 Å². The number of unbranched alkanes of at least 4 members (excludes halogenated alkanes) is 1. The molecule has 19 heavy (non-hydrogen) atoms. The number of ether oxygens (including phenoxy) is 2. The van der Waals surface area contributed by atoms with Gasteiger partial charge in [-0.15, -0.1) is 0 Å². The van der Waals surface area contributed by atoms with Gasteiger partial charge in [-0.25, -0.2) is 0 Å². The van der Waals surface area contributed by atoms with Crippen LogP contribution in [0.1, 0.15) is 32.6 Å². The summed E-state index contributed by atoms with van der Waals surface area (Å²) >= 11 is 0. The Kier molecular flexibility index (Phi) is 8.79. The summed E-state index contributed by atoms with van der Waals surface area (Å²) in [7, 11) is 1.67. The van der Waals surface area contributed by atoms with E-state index in [-0.39, 0.29) is 11.8 Å². The van der Waals surface area contributed by atoms with Gasteiger partial charge in [-0.2, -0.15) is 0 Å². The number of nitrogens with one attached hydrogen (secondary N) is 2. The molecule has 1 rings (SSSR count). The molecule has 0 bridgehead atoms. The summed E-state index contributed by atoms with van der Waals surface area (Å²) in [4.78, 5) is 11.9. The minimum absolute atomic E-state index is 0.189. The Morgan fingerprint density at radius 3 is 2.89 bits per heavy atom. The molecule has 2 unspecified atom stereocenters. The minimum Gasteiger partial charge on any atom is -0.382 e. The molecule has 0 aliphatic carbocycles. The Balaban J connectivity index is 1.95. The van der Waals surface area contributed by atoms with Crippen LogP contribution in [-0.2, 0) is 14.3 Å². The largest absolute Gasteiger partial charge is 0.382 e. The number of piperidine rings is 1. The normalized spacial score (nSPS) is 23.3. The molecule has 0 spiro atoms. The molecule has 0 saturated carbocycles. The van der Waals surface area contributed by atoms with E-state index in [9.17, 15) is 4.79 Å². The first-order chi connectivity index (χ1) is 9.24. The van der Waals surface area contributed by atoms with Crippen molar-refractivity contribution in [3.8, 4) is 0 Å². The molecule has 1 amide bonds. The summed E-state index contributed by atoms with van der Waals surface area (Å²) in [5, 5.41) is 6.39. The number of rotatable bonds is 9. The smallest absolute Gasteiger partial charge is 0.223 e. The highest BCUT2D eigenvalue weighted by molar-refractivity contribution is 5.78. The first kappa shape index (κ1) is 16.4. The fourth-order valence-corrected chi connectivity index (χ4v) is 2.30. The van der Waals surface area contributed by atoms with Gasteiger partial charge in [0.1, 0.15) is 0 Å². The van der Waals surface area contributed by atoms with E-state index in [1.807, 2.05) is 0 Å². The predicted molar refractivity (Wildman–Crippen MR) is 75.1 cm³/mol. The maximum Gasteiger partial charge on any atom is 0.223 e. The van der Waals surface area contributed by atoms with Crippen LogP contribution in [0.5, 0.6) is 0 Å². The third-order valence-electron chi connectivity index (χ3n) is 3.44. The van der Waals surface area contributed by atoms with Crippen molar-refractivity contribution in [2.45, 2.75) is 38.6 Å². The summed E-state index contributed by atoms with van der Waals surface area (Å²) < 4.78 is 10.3. The van der Waals surface area contributed by atoms with Crippen LogP contribution in [0.2, 0.25) is 0 Å².